The van der Waals surface area contributed by atoms with Crippen LogP contribution in [0.3, 0.4) is 0 Å². The van der Waals surface area contributed by atoms with Gasteiger partial charge in [0.05, 0.1) is 11.7 Å². The van der Waals surface area contributed by atoms with Gasteiger partial charge in [0, 0.05) is 18.3 Å². The van der Waals surface area contributed by atoms with Crippen LogP contribution in [0.15, 0.2) is 91.3 Å². The Bertz CT molecular complexity index is 1740. The molecule has 0 bridgehead atoms. The highest BCUT2D eigenvalue weighted by atomic mass is 19.1. The highest BCUT2D eigenvalue weighted by molar-refractivity contribution is 5.96. The molecular formula is C35H34FN5O3. The summed E-state index contributed by atoms with van der Waals surface area (Å²) in [6.45, 7) is 2.16. The Hall–Kier alpha value is -5.05. The fourth-order valence-electron chi connectivity index (χ4n) is 5.63. The van der Waals surface area contributed by atoms with E-state index in [1.807, 2.05) is 36.4 Å². The maximum absolute atomic E-state index is 14.2. The molecule has 0 unspecified atom stereocenters. The number of benzene rings is 2. The number of fused-ring (bicyclic) bond motifs is 1. The van der Waals surface area contributed by atoms with Gasteiger partial charge in [-0.2, -0.15) is 5.10 Å². The van der Waals surface area contributed by atoms with Crippen molar-refractivity contribution in [2.45, 2.75) is 57.5 Å². The molecule has 0 radical (unpaired) electrons. The molecule has 1 saturated carbocycles. The third kappa shape index (κ3) is 6.78. The first-order chi connectivity index (χ1) is 21.4. The van der Waals surface area contributed by atoms with E-state index >= 15 is 0 Å². The van der Waals surface area contributed by atoms with Gasteiger partial charge in [0.25, 0.3) is 11.8 Å². The molecule has 5 aromatic rings. The van der Waals surface area contributed by atoms with Gasteiger partial charge in [0.1, 0.15) is 17.1 Å². The third-order valence-corrected chi connectivity index (χ3v) is 7.94. The van der Waals surface area contributed by atoms with Crippen molar-refractivity contribution >= 4 is 17.3 Å². The highest BCUT2D eigenvalue weighted by Crippen LogP contribution is 2.29. The monoisotopic (exact) mass is 591 g/mol. The van der Waals surface area contributed by atoms with Crippen LogP contribution in [0.25, 0.3) is 16.6 Å². The minimum atomic E-state index is -0.623. The Kier molecular flexibility index (Phi) is 8.63. The summed E-state index contributed by atoms with van der Waals surface area (Å²) in [5, 5.41) is 10.4. The highest BCUT2D eigenvalue weighted by Gasteiger charge is 2.26. The van der Waals surface area contributed by atoms with Crippen molar-refractivity contribution < 1.29 is 18.7 Å². The normalized spacial score (nSPS) is 16.4. The molecule has 0 spiro atoms. The van der Waals surface area contributed by atoms with Crippen molar-refractivity contribution in [3.8, 4) is 22.8 Å². The summed E-state index contributed by atoms with van der Waals surface area (Å²) in [5.74, 6) is -0.761. The molecule has 44 heavy (non-hydrogen) atoms. The maximum Gasteiger partial charge on any atom is 0.272 e. The van der Waals surface area contributed by atoms with Crippen LogP contribution in [-0.4, -0.2) is 38.5 Å². The number of aromatic nitrogens is 3. The van der Waals surface area contributed by atoms with Crippen molar-refractivity contribution in [1.82, 2.24) is 25.2 Å². The molecule has 1 aliphatic rings. The van der Waals surface area contributed by atoms with E-state index in [2.05, 4.69) is 51.9 Å². The number of hydrogen-bond donors (Lipinski definition) is 2. The molecule has 2 N–H and O–H groups in total. The van der Waals surface area contributed by atoms with E-state index in [9.17, 15) is 14.0 Å². The Morgan fingerprint density at radius 2 is 1.64 bits per heavy atom. The molecule has 1 aliphatic carbocycles. The van der Waals surface area contributed by atoms with Crippen molar-refractivity contribution in [3.05, 3.63) is 114 Å². The van der Waals surface area contributed by atoms with E-state index in [-0.39, 0.29) is 29.4 Å². The van der Waals surface area contributed by atoms with E-state index < -0.39 is 11.7 Å². The molecule has 6 rings (SSSR count). The Morgan fingerprint density at radius 3 is 2.36 bits per heavy atom. The lowest BCUT2D eigenvalue weighted by Gasteiger charge is -2.29. The van der Waals surface area contributed by atoms with Crippen LogP contribution in [0, 0.1) is 5.82 Å². The van der Waals surface area contributed by atoms with E-state index in [1.54, 1.807) is 22.8 Å². The minimum Gasteiger partial charge on any atom is -0.438 e. The molecule has 0 aliphatic heterocycles. The Morgan fingerprint density at radius 1 is 0.886 bits per heavy atom. The van der Waals surface area contributed by atoms with Gasteiger partial charge >= 0.3 is 0 Å². The van der Waals surface area contributed by atoms with E-state index in [0.717, 1.165) is 41.7 Å². The number of amides is 2. The minimum absolute atomic E-state index is 0.0229. The second-order valence-electron chi connectivity index (χ2n) is 11.2. The summed E-state index contributed by atoms with van der Waals surface area (Å²) in [6, 6.07) is 24.3. The maximum atomic E-state index is 14.2. The topological polar surface area (TPSA) is 97.6 Å². The van der Waals surface area contributed by atoms with Gasteiger partial charge < -0.3 is 15.4 Å². The van der Waals surface area contributed by atoms with Crippen molar-refractivity contribution in [3.63, 3.8) is 0 Å². The number of ether oxygens (including phenoxy) is 1. The smallest absolute Gasteiger partial charge is 0.272 e. The summed E-state index contributed by atoms with van der Waals surface area (Å²) >= 11 is 0. The van der Waals surface area contributed by atoms with Crippen LogP contribution < -0.4 is 15.4 Å². The predicted octanol–water partition coefficient (Wildman–Crippen LogP) is 6.75. The average molecular weight is 592 g/mol. The number of aryl methyl sites for hydroxylation is 1. The predicted molar refractivity (Wildman–Crippen MR) is 166 cm³/mol. The molecule has 3 heterocycles. The lowest BCUT2D eigenvalue weighted by molar-refractivity contribution is 0.0887. The number of pyridine rings is 2. The van der Waals surface area contributed by atoms with Gasteiger partial charge in [-0.15, -0.1) is 0 Å². The first-order valence-electron chi connectivity index (χ1n) is 15.0. The summed E-state index contributed by atoms with van der Waals surface area (Å²) < 4.78 is 21.9. The standard InChI is InChI=1S/C35H34FN5O3/c1-2-6-23-10-12-24(13-11-23)25-7-5-9-30(19-25)44-35-31(20-26(36)22-37-35)33(42)38-27-14-16-28(17-15-27)39-34(43)32-21-29-8-3-4-18-41(29)40-32/h3-5,7-13,18-22,27-28H,2,6,14-17H2,1H3,(H,38,42)(H,39,43). The molecule has 1 fully saturated rings. The first-order valence-corrected chi connectivity index (χ1v) is 15.0. The molecular weight excluding hydrogens is 557 g/mol. The number of nitrogens with one attached hydrogen (secondary N) is 2. The van der Waals surface area contributed by atoms with Gasteiger partial charge in [-0.1, -0.05) is 55.8 Å². The summed E-state index contributed by atoms with van der Waals surface area (Å²) in [6.07, 6.45) is 7.69. The number of carbonyl (C=O) groups is 2. The van der Waals surface area contributed by atoms with Crippen LogP contribution in [0.4, 0.5) is 4.39 Å². The fourth-order valence-corrected chi connectivity index (χ4v) is 5.63. The molecule has 3 aromatic heterocycles. The largest absolute Gasteiger partial charge is 0.438 e. The van der Waals surface area contributed by atoms with E-state index in [0.29, 0.717) is 37.1 Å². The molecule has 2 amide bonds. The molecule has 2 aromatic carbocycles. The lowest BCUT2D eigenvalue weighted by atomic mass is 9.91. The zero-order chi connectivity index (χ0) is 30.5. The summed E-state index contributed by atoms with van der Waals surface area (Å²) in [4.78, 5) is 30.2. The number of hydrogen-bond acceptors (Lipinski definition) is 5. The molecule has 9 heteroatoms. The summed E-state index contributed by atoms with van der Waals surface area (Å²) in [7, 11) is 0. The Balaban J connectivity index is 1.07. The average Bonchev–Trinajstić information content (AvgIpc) is 3.48. The van der Waals surface area contributed by atoms with Crippen molar-refractivity contribution in [2.24, 2.45) is 0 Å². The van der Waals surface area contributed by atoms with Gasteiger partial charge in [-0.05, 0) is 85.2 Å². The van der Waals surface area contributed by atoms with Gasteiger partial charge in [-0.25, -0.2) is 13.9 Å². The fraction of sp³-hybridized carbons (Fsp3) is 0.257. The van der Waals surface area contributed by atoms with Crippen molar-refractivity contribution in [2.75, 3.05) is 0 Å². The van der Waals surface area contributed by atoms with Crippen LogP contribution in [0.1, 0.15) is 65.4 Å². The molecule has 224 valence electrons. The zero-order valence-corrected chi connectivity index (χ0v) is 24.5. The van der Waals surface area contributed by atoms with Crippen LogP contribution in [0.2, 0.25) is 0 Å². The molecule has 8 nitrogen and oxygen atoms in total. The first kappa shape index (κ1) is 29.0. The quantitative estimate of drug-likeness (QED) is 0.198. The van der Waals surface area contributed by atoms with Gasteiger partial charge in [0.2, 0.25) is 5.88 Å². The van der Waals surface area contributed by atoms with Gasteiger partial charge in [-0.3, -0.25) is 9.59 Å². The number of carbonyl (C=O) groups excluding carboxylic acids is 2. The number of nitrogens with zero attached hydrogens (tertiary/aromatic N) is 3. The van der Waals surface area contributed by atoms with Crippen molar-refractivity contribution in [1.29, 1.82) is 0 Å². The van der Waals surface area contributed by atoms with E-state index in [1.165, 1.54) is 5.56 Å². The van der Waals surface area contributed by atoms with Crippen LogP contribution in [-0.2, 0) is 6.42 Å². The van der Waals surface area contributed by atoms with Crippen LogP contribution >= 0.6 is 0 Å². The summed E-state index contributed by atoms with van der Waals surface area (Å²) in [5.41, 5.74) is 4.55. The Labute approximate surface area is 255 Å². The van der Waals surface area contributed by atoms with Crippen LogP contribution in [0.5, 0.6) is 11.6 Å². The number of halogens is 1. The third-order valence-electron chi connectivity index (χ3n) is 7.94. The van der Waals surface area contributed by atoms with Gasteiger partial charge in [0.15, 0.2) is 5.69 Å². The lowest BCUT2D eigenvalue weighted by Crippen LogP contribution is -2.44. The zero-order valence-electron chi connectivity index (χ0n) is 24.5. The molecule has 0 saturated heterocycles. The second-order valence-corrected chi connectivity index (χ2v) is 11.2. The number of rotatable bonds is 9. The molecule has 0 atom stereocenters. The SMILES string of the molecule is CCCc1ccc(-c2cccc(Oc3ncc(F)cc3C(=O)NC3CCC(NC(=O)c4cc5ccccn5n4)CC3)c2)cc1. The second kappa shape index (κ2) is 13.1. The van der Waals surface area contributed by atoms with E-state index in [4.69, 9.17) is 4.74 Å².